The van der Waals surface area contributed by atoms with Gasteiger partial charge in [0.2, 0.25) is 5.91 Å². The zero-order valence-electron chi connectivity index (χ0n) is 11.2. The molecule has 2 bridgehead atoms. The van der Waals surface area contributed by atoms with Crippen molar-refractivity contribution in [2.24, 2.45) is 41.2 Å². The lowest BCUT2D eigenvalue weighted by atomic mass is 9.93. The first-order valence-electron chi connectivity index (χ1n) is 7.71. The Labute approximate surface area is 109 Å². The summed E-state index contributed by atoms with van der Waals surface area (Å²) in [7, 11) is 0. The van der Waals surface area contributed by atoms with Gasteiger partial charge in [-0.3, -0.25) is 4.79 Å². The topological polar surface area (TPSA) is 46.3 Å². The Kier molecular flexibility index (Phi) is 2.33. The standard InChI is InChI=1S/C15H24N2O/c1-8-7-17(5-4-11(8)16)15(18)14-12-9-2-3-10(6-9)13(12)14/h8-14H,2-7,16H2,1H3. The van der Waals surface area contributed by atoms with E-state index in [1.807, 2.05) is 0 Å². The highest BCUT2D eigenvalue weighted by Crippen LogP contribution is 2.69. The number of piperidine rings is 1. The normalized spacial score (nSPS) is 53.4. The predicted octanol–water partition coefficient (Wildman–Crippen LogP) is 1.47. The minimum absolute atomic E-state index is 0.295. The smallest absolute Gasteiger partial charge is 0.226 e. The van der Waals surface area contributed by atoms with E-state index >= 15 is 0 Å². The average molecular weight is 248 g/mol. The van der Waals surface area contributed by atoms with E-state index < -0.39 is 0 Å². The zero-order chi connectivity index (χ0) is 12.4. The number of likely N-dealkylation sites (tertiary alicyclic amines) is 1. The first-order chi connectivity index (χ1) is 8.66. The van der Waals surface area contributed by atoms with E-state index in [0.717, 1.165) is 43.2 Å². The summed E-state index contributed by atoms with van der Waals surface area (Å²) in [5.74, 6) is 4.72. The Balaban J connectivity index is 1.43. The van der Waals surface area contributed by atoms with Gasteiger partial charge in [0.05, 0.1) is 0 Å². The molecule has 4 rings (SSSR count). The second-order valence-electron chi connectivity index (χ2n) is 7.23. The summed E-state index contributed by atoms with van der Waals surface area (Å²) in [6.45, 7) is 3.97. The van der Waals surface area contributed by atoms with Gasteiger partial charge in [0, 0.05) is 25.0 Å². The van der Waals surface area contributed by atoms with E-state index in [4.69, 9.17) is 5.73 Å². The fraction of sp³-hybridized carbons (Fsp3) is 0.933. The third-order valence-electron chi connectivity index (χ3n) is 6.30. The van der Waals surface area contributed by atoms with Crippen molar-refractivity contribution in [1.82, 2.24) is 4.90 Å². The van der Waals surface area contributed by atoms with Crippen molar-refractivity contribution in [3.05, 3.63) is 0 Å². The predicted molar refractivity (Wildman–Crippen MR) is 69.6 cm³/mol. The van der Waals surface area contributed by atoms with E-state index in [9.17, 15) is 4.79 Å². The van der Waals surface area contributed by atoms with Crippen molar-refractivity contribution in [2.45, 2.75) is 38.6 Å². The van der Waals surface area contributed by atoms with Gasteiger partial charge in [-0.1, -0.05) is 6.92 Å². The molecule has 1 heterocycles. The molecule has 3 aliphatic carbocycles. The molecule has 0 aromatic heterocycles. The maximum absolute atomic E-state index is 12.6. The molecule has 1 amide bonds. The van der Waals surface area contributed by atoms with E-state index in [2.05, 4.69) is 11.8 Å². The second-order valence-corrected chi connectivity index (χ2v) is 7.23. The third-order valence-corrected chi connectivity index (χ3v) is 6.30. The van der Waals surface area contributed by atoms with Gasteiger partial charge >= 0.3 is 0 Å². The summed E-state index contributed by atoms with van der Waals surface area (Å²) in [5.41, 5.74) is 6.04. The molecule has 4 aliphatic rings. The fourth-order valence-electron chi connectivity index (χ4n) is 5.23. The first-order valence-corrected chi connectivity index (χ1v) is 7.71. The molecule has 6 unspecified atom stereocenters. The molecule has 0 aromatic carbocycles. The van der Waals surface area contributed by atoms with Gasteiger partial charge in [0.15, 0.2) is 0 Å². The number of hydrogen-bond donors (Lipinski definition) is 1. The van der Waals surface area contributed by atoms with Gasteiger partial charge in [0.1, 0.15) is 0 Å². The summed E-state index contributed by atoms with van der Waals surface area (Å²) in [6, 6.07) is 0.295. The number of hydrogen-bond acceptors (Lipinski definition) is 2. The molecule has 0 radical (unpaired) electrons. The van der Waals surface area contributed by atoms with Crippen molar-refractivity contribution < 1.29 is 4.79 Å². The van der Waals surface area contributed by atoms with Crippen LogP contribution in [0.5, 0.6) is 0 Å². The van der Waals surface area contributed by atoms with Gasteiger partial charge in [-0.2, -0.15) is 0 Å². The maximum atomic E-state index is 12.6. The summed E-state index contributed by atoms with van der Waals surface area (Å²) in [5, 5.41) is 0. The molecular weight excluding hydrogens is 224 g/mol. The Morgan fingerprint density at radius 1 is 1.17 bits per heavy atom. The van der Waals surface area contributed by atoms with Crippen molar-refractivity contribution in [1.29, 1.82) is 0 Å². The Morgan fingerprint density at radius 3 is 2.44 bits per heavy atom. The van der Waals surface area contributed by atoms with Crippen LogP contribution in [0.4, 0.5) is 0 Å². The summed E-state index contributed by atoms with van der Waals surface area (Å²) >= 11 is 0. The number of nitrogens with two attached hydrogens (primary N) is 1. The van der Waals surface area contributed by atoms with Crippen LogP contribution in [0.2, 0.25) is 0 Å². The highest BCUT2D eigenvalue weighted by molar-refractivity contribution is 5.83. The van der Waals surface area contributed by atoms with E-state index in [0.29, 0.717) is 23.8 Å². The number of nitrogens with zero attached hydrogens (tertiary/aromatic N) is 1. The average Bonchev–Trinajstić information content (AvgIpc) is 2.80. The van der Waals surface area contributed by atoms with Crippen molar-refractivity contribution in [3.63, 3.8) is 0 Å². The minimum atomic E-state index is 0.295. The van der Waals surface area contributed by atoms with Crippen LogP contribution in [-0.4, -0.2) is 29.9 Å². The number of rotatable bonds is 1. The van der Waals surface area contributed by atoms with Crippen LogP contribution in [0.15, 0.2) is 0 Å². The number of carbonyl (C=O) groups is 1. The molecule has 3 saturated carbocycles. The third kappa shape index (κ3) is 1.43. The molecule has 0 spiro atoms. The molecule has 0 aromatic rings. The van der Waals surface area contributed by atoms with E-state index in [1.54, 1.807) is 0 Å². The molecule has 100 valence electrons. The number of amides is 1. The van der Waals surface area contributed by atoms with Crippen molar-refractivity contribution >= 4 is 5.91 Å². The number of fused-ring (bicyclic) bond motifs is 5. The summed E-state index contributed by atoms with van der Waals surface area (Å²) in [6.07, 6.45) is 5.22. The van der Waals surface area contributed by atoms with Crippen LogP contribution < -0.4 is 5.73 Å². The van der Waals surface area contributed by atoms with E-state index in [1.165, 1.54) is 19.3 Å². The van der Waals surface area contributed by atoms with Crippen LogP contribution in [0.1, 0.15) is 32.6 Å². The van der Waals surface area contributed by atoms with Gasteiger partial charge in [-0.05, 0) is 55.3 Å². The molecule has 3 heteroatoms. The fourth-order valence-corrected chi connectivity index (χ4v) is 5.23. The SMILES string of the molecule is CC1CN(C(=O)C2C3C4CCC(C4)C23)CCC1N. The van der Waals surface area contributed by atoms with Crippen molar-refractivity contribution in [3.8, 4) is 0 Å². The van der Waals surface area contributed by atoms with Crippen LogP contribution in [0.25, 0.3) is 0 Å². The van der Waals surface area contributed by atoms with Gasteiger partial charge < -0.3 is 10.6 Å². The highest BCUT2D eigenvalue weighted by atomic mass is 16.2. The van der Waals surface area contributed by atoms with Gasteiger partial charge in [-0.15, -0.1) is 0 Å². The Morgan fingerprint density at radius 2 is 1.83 bits per heavy atom. The lowest BCUT2D eigenvalue weighted by molar-refractivity contribution is -0.135. The molecule has 2 N–H and O–H groups in total. The summed E-state index contributed by atoms with van der Waals surface area (Å²) < 4.78 is 0. The summed E-state index contributed by atoms with van der Waals surface area (Å²) in [4.78, 5) is 14.8. The minimum Gasteiger partial charge on any atom is -0.342 e. The highest BCUT2D eigenvalue weighted by Gasteiger charge is 2.68. The molecule has 6 atom stereocenters. The monoisotopic (exact) mass is 248 g/mol. The second kappa shape index (κ2) is 3.72. The van der Waals surface area contributed by atoms with Gasteiger partial charge in [0.25, 0.3) is 0 Å². The van der Waals surface area contributed by atoms with Crippen LogP contribution in [-0.2, 0) is 4.79 Å². The molecule has 4 fully saturated rings. The van der Waals surface area contributed by atoms with Crippen molar-refractivity contribution in [2.75, 3.05) is 13.1 Å². The first kappa shape index (κ1) is 11.3. The zero-order valence-corrected chi connectivity index (χ0v) is 11.2. The van der Waals surface area contributed by atoms with Crippen LogP contribution in [0, 0.1) is 35.5 Å². The molecule has 1 aliphatic heterocycles. The lowest BCUT2D eigenvalue weighted by Gasteiger charge is -2.35. The quantitative estimate of drug-likeness (QED) is 0.764. The molecular formula is C15H24N2O. The Hall–Kier alpha value is -0.570. The molecule has 18 heavy (non-hydrogen) atoms. The Bertz CT molecular complexity index is 367. The number of carbonyl (C=O) groups excluding carboxylic acids is 1. The van der Waals surface area contributed by atoms with Gasteiger partial charge in [-0.25, -0.2) is 0 Å². The van der Waals surface area contributed by atoms with Crippen LogP contribution in [0.3, 0.4) is 0 Å². The lowest BCUT2D eigenvalue weighted by Crippen LogP contribution is -2.49. The molecule has 1 saturated heterocycles. The molecule has 3 nitrogen and oxygen atoms in total. The van der Waals surface area contributed by atoms with Crippen LogP contribution >= 0.6 is 0 Å². The largest absolute Gasteiger partial charge is 0.342 e. The maximum Gasteiger partial charge on any atom is 0.226 e. The van der Waals surface area contributed by atoms with E-state index in [-0.39, 0.29) is 0 Å².